The summed E-state index contributed by atoms with van der Waals surface area (Å²) < 4.78 is 0. The van der Waals surface area contributed by atoms with Gasteiger partial charge in [0, 0.05) is 6.92 Å². The van der Waals surface area contributed by atoms with Crippen LogP contribution in [0.2, 0.25) is 0 Å². The van der Waals surface area contributed by atoms with Gasteiger partial charge in [-0.1, -0.05) is 13.0 Å². The highest BCUT2D eigenvalue weighted by atomic mass is 16.3. The molecule has 3 heteroatoms. The zero-order valence-corrected chi connectivity index (χ0v) is 7.79. The van der Waals surface area contributed by atoms with Crippen molar-refractivity contribution >= 4 is 11.6 Å². The van der Waals surface area contributed by atoms with E-state index in [9.17, 15) is 9.90 Å². The number of rotatable bonds is 2. The highest BCUT2D eigenvalue weighted by Gasteiger charge is 2.02. The number of carbonyl (C=O) groups is 1. The van der Waals surface area contributed by atoms with Crippen LogP contribution in [0.1, 0.15) is 19.4 Å². The molecule has 0 aliphatic rings. The lowest BCUT2D eigenvalue weighted by atomic mass is 10.1. The second-order valence-corrected chi connectivity index (χ2v) is 2.89. The molecule has 3 nitrogen and oxygen atoms in total. The molecule has 13 heavy (non-hydrogen) atoms. The van der Waals surface area contributed by atoms with Crippen LogP contribution in [0.25, 0.3) is 0 Å². The van der Waals surface area contributed by atoms with Gasteiger partial charge in [0.05, 0.1) is 5.69 Å². The highest BCUT2D eigenvalue weighted by Crippen LogP contribution is 2.24. The molecule has 0 fully saturated rings. The van der Waals surface area contributed by atoms with Gasteiger partial charge in [-0.15, -0.1) is 0 Å². The Hall–Kier alpha value is -1.51. The van der Waals surface area contributed by atoms with Crippen molar-refractivity contribution in [1.82, 2.24) is 0 Å². The maximum absolute atomic E-state index is 10.7. The minimum Gasteiger partial charge on any atom is -0.506 e. The van der Waals surface area contributed by atoms with Crippen molar-refractivity contribution in [3.8, 4) is 5.75 Å². The fraction of sp³-hybridized carbons (Fsp3) is 0.300. The maximum Gasteiger partial charge on any atom is 0.221 e. The summed E-state index contributed by atoms with van der Waals surface area (Å²) in [5, 5.41) is 12.0. The molecular weight excluding hydrogens is 166 g/mol. The molecule has 1 rings (SSSR count). The zero-order chi connectivity index (χ0) is 9.84. The first-order valence-corrected chi connectivity index (χ1v) is 4.23. The van der Waals surface area contributed by atoms with Gasteiger partial charge in [0.1, 0.15) is 5.75 Å². The molecule has 2 N–H and O–H groups in total. The van der Waals surface area contributed by atoms with E-state index < -0.39 is 0 Å². The maximum atomic E-state index is 10.7. The molecule has 1 aromatic rings. The van der Waals surface area contributed by atoms with E-state index in [-0.39, 0.29) is 11.7 Å². The number of anilines is 1. The van der Waals surface area contributed by atoms with Crippen LogP contribution < -0.4 is 5.32 Å². The number of carbonyl (C=O) groups excluding carboxylic acids is 1. The molecule has 1 aromatic carbocycles. The summed E-state index contributed by atoms with van der Waals surface area (Å²) in [4.78, 5) is 10.7. The van der Waals surface area contributed by atoms with Crippen LogP contribution in [0.4, 0.5) is 5.69 Å². The third kappa shape index (κ3) is 2.47. The van der Waals surface area contributed by atoms with E-state index in [1.165, 1.54) is 6.92 Å². The Labute approximate surface area is 77.4 Å². The van der Waals surface area contributed by atoms with Crippen LogP contribution in [0, 0.1) is 0 Å². The summed E-state index contributed by atoms with van der Waals surface area (Å²) in [5.41, 5.74) is 1.51. The SMILES string of the molecule is CCc1ccc(NC(C)=O)c(O)c1. The second kappa shape index (κ2) is 3.94. The molecule has 0 aromatic heterocycles. The van der Waals surface area contributed by atoms with Crippen LogP contribution in [-0.2, 0) is 11.2 Å². The van der Waals surface area contributed by atoms with E-state index >= 15 is 0 Å². The van der Waals surface area contributed by atoms with Gasteiger partial charge >= 0.3 is 0 Å². The fourth-order valence-corrected chi connectivity index (χ4v) is 1.09. The smallest absolute Gasteiger partial charge is 0.221 e. The number of hydrogen-bond donors (Lipinski definition) is 2. The minimum atomic E-state index is -0.181. The van der Waals surface area contributed by atoms with Crippen molar-refractivity contribution in [3.63, 3.8) is 0 Å². The topological polar surface area (TPSA) is 49.3 Å². The molecule has 0 saturated heterocycles. The van der Waals surface area contributed by atoms with Gasteiger partial charge in [0.2, 0.25) is 5.91 Å². The Morgan fingerprint density at radius 2 is 2.23 bits per heavy atom. The number of phenolic OH excluding ortho intramolecular Hbond substituents is 1. The molecule has 0 unspecified atom stereocenters. The average Bonchev–Trinajstić information content (AvgIpc) is 2.08. The zero-order valence-electron chi connectivity index (χ0n) is 7.79. The summed E-state index contributed by atoms with van der Waals surface area (Å²) in [6, 6.07) is 5.24. The van der Waals surface area contributed by atoms with Gasteiger partial charge in [-0.3, -0.25) is 4.79 Å². The van der Waals surface area contributed by atoms with Crippen LogP contribution in [-0.4, -0.2) is 11.0 Å². The molecule has 0 aliphatic carbocycles. The summed E-state index contributed by atoms with van der Waals surface area (Å²) in [7, 11) is 0. The van der Waals surface area contributed by atoms with E-state index in [4.69, 9.17) is 0 Å². The van der Waals surface area contributed by atoms with Gasteiger partial charge in [-0.05, 0) is 24.1 Å². The van der Waals surface area contributed by atoms with Crippen molar-refractivity contribution in [2.45, 2.75) is 20.3 Å². The van der Waals surface area contributed by atoms with Crippen molar-refractivity contribution < 1.29 is 9.90 Å². The number of aromatic hydroxyl groups is 1. The van der Waals surface area contributed by atoms with E-state index in [2.05, 4.69) is 5.32 Å². The van der Waals surface area contributed by atoms with Gasteiger partial charge in [0.25, 0.3) is 0 Å². The molecule has 0 aliphatic heterocycles. The summed E-state index contributed by atoms with van der Waals surface area (Å²) in [6.07, 6.45) is 0.869. The predicted octanol–water partition coefficient (Wildman–Crippen LogP) is 1.91. The van der Waals surface area contributed by atoms with E-state index in [1.807, 2.05) is 13.0 Å². The first-order chi connectivity index (χ1) is 6.13. The Balaban J connectivity index is 2.91. The predicted molar refractivity (Wildman–Crippen MR) is 51.8 cm³/mol. The molecular formula is C10H13NO2. The van der Waals surface area contributed by atoms with Crippen LogP contribution in [0.15, 0.2) is 18.2 Å². The van der Waals surface area contributed by atoms with Crippen LogP contribution >= 0.6 is 0 Å². The molecule has 1 amide bonds. The van der Waals surface area contributed by atoms with Crippen LogP contribution in [0.3, 0.4) is 0 Å². The Bertz CT molecular complexity index is 321. The van der Waals surface area contributed by atoms with Gasteiger partial charge < -0.3 is 10.4 Å². The van der Waals surface area contributed by atoms with Crippen molar-refractivity contribution in [2.75, 3.05) is 5.32 Å². The summed E-state index contributed by atoms with van der Waals surface area (Å²) in [5.74, 6) is -0.0610. The lowest BCUT2D eigenvalue weighted by Gasteiger charge is -2.05. The number of nitrogens with one attached hydrogen (secondary N) is 1. The number of aryl methyl sites for hydroxylation is 1. The molecule has 0 radical (unpaired) electrons. The summed E-state index contributed by atoms with van der Waals surface area (Å²) >= 11 is 0. The third-order valence-electron chi connectivity index (χ3n) is 1.78. The second-order valence-electron chi connectivity index (χ2n) is 2.89. The number of amides is 1. The quantitative estimate of drug-likeness (QED) is 0.681. The van der Waals surface area contributed by atoms with Crippen molar-refractivity contribution in [3.05, 3.63) is 23.8 Å². The molecule has 0 bridgehead atoms. The Morgan fingerprint density at radius 3 is 2.69 bits per heavy atom. The molecule has 70 valence electrons. The van der Waals surface area contributed by atoms with Crippen molar-refractivity contribution in [1.29, 1.82) is 0 Å². The first kappa shape index (κ1) is 9.58. The summed E-state index contributed by atoms with van der Waals surface area (Å²) in [6.45, 7) is 3.42. The van der Waals surface area contributed by atoms with Gasteiger partial charge in [-0.2, -0.15) is 0 Å². The standard InChI is InChI=1S/C10H13NO2/c1-3-8-4-5-9(10(13)6-8)11-7(2)12/h4-6,13H,3H2,1-2H3,(H,11,12). The largest absolute Gasteiger partial charge is 0.506 e. The Kier molecular flexibility index (Phi) is 2.90. The number of benzene rings is 1. The number of phenols is 1. The van der Waals surface area contributed by atoms with E-state index in [0.717, 1.165) is 12.0 Å². The first-order valence-electron chi connectivity index (χ1n) is 4.23. The minimum absolute atomic E-state index is 0.120. The average molecular weight is 179 g/mol. The van der Waals surface area contributed by atoms with Crippen LogP contribution in [0.5, 0.6) is 5.75 Å². The number of hydrogen-bond acceptors (Lipinski definition) is 2. The van der Waals surface area contributed by atoms with E-state index in [1.54, 1.807) is 12.1 Å². The monoisotopic (exact) mass is 179 g/mol. The Morgan fingerprint density at radius 1 is 1.54 bits per heavy atom. The molecule has 0 heterocycles. The molecule has 0 spiro atoms. The third-order valence-corrected chi connectivity index (χ3v) is 1.78. The lowest BCUT2D eigenvalue weighted by molar-refractivity contribution is -0.114. The van der Waals surface area contributed by atoms with Gasteiger partial charge in [0.15, 0.2) is 0 Å². The van der Waals surface area contributed by atoms with Crippen molar-refractivity contribution in [2.24, 2.45) is 0 Å². The normalized spacial score (nSPS) is 9.69. The fourth-order valence-electron chi connectivity index (χ4n) is 1.09. The molecule has 0 atom stereocenters. The van der Waals surface area contributed by atoms with Gasteiger partial charge in [-0.25, -0.2) is 0 Å². The lowest BCUT2D eigenvalue weighted by Crippen LogP contribution is -2.05. The molecule has 0 saturated carbocycles. The highest BCUT2D eigenvalue weighted by molar-refractivity contribution is 5.90. The van der Waals surface area contributed by atoms with E-state index in [0.29, 0.717) is 5.69 Å².